The number of thiocarbonyl (C=S) groups is 1. The summed E-state index contributed by atoms with van der Waals surface area (Å²) in [6.07, 6.45) is 2.68. The molecular formula is C13H27N3O2S. The van der Waals surface area contributed by atoms with Crippen LogP contribution in [0, 0.1) is 0 Å². The van der Waals surface area contributed by atoms with Gasteiger partial charge in [-0.05, 0) is 13.3 Å². The molecule has 1 unspecified atom stereocenters. The maximum absolute atomic E-state index is 11.9. The van der Waals surface area contributed by atoms with E-state index in [2.05, 4.69) is 12.2 Å². The lowest BCUT2D eigenvalue weighted by Crippen LogP contribution is -2.42. The Hall–Kier alpha value is -0.720. The smallest absolute Gasteiger partial charge is 0.234 e. The molecule has 0 aliphatic carbocycles. The van der Waals surface area contributed by atoms with E-state index in [9.17, 15) is 4.79 Å². The predicted molar refractivity (Wildman–Crippen MR) is 82.2 cm³/mol. The van der Waals surface area contributed by atoms with Crippen LogP contribution in [0.3, 0.4) is 0 Å². The molecule has 0 fully saturated rings. The van der Waals surface area contributed by atoms with Crippen molar-refractivity contribution in [2.24, 2.45) is 5.73 Å². The van der Waals surface area contributed by atoms with E-state index in [0.29, 0.717) is 37.7 Å². The summed E-state index contributed by atoms with van der Waals surface area (Å²) in [5.74, 6) is 0.0417. The SMILES string of the molecule is CCCC(C)NC(=O)CN(CCOC)CCC(N)=S. The van der Waals surface area contributed by atoms with Crippen LogP contribution in [-0.4, -0.2) is 55.2 Å². The third kappa shape index (κ3) is 10.9. The van der Waals surface area contributed by atoms with Crippen molar-refractivity contribution in [3.05, 3.63) is 0 Å². The van der Waals surface area contributed by atoms with Crippen LogP contribution in [0.5, 0.6) is 0 Å². The van der Waals surface area contributed by atoms with Gasteiger partial charge in [0.25, 0.3) is 0 Å². The average Bonchev–Trinajstić information content (AvgIpc) is 2.32. The number of nitrogens with zero attached hydrogens (tertiary/aromatic N) is 1. The molecule has 0 aliphatic heterocycles. The molecule has 0 aromatic carbocycles. The number of amides is 1. The van der Waals surface area contributed by atoms with Gasteiger partial charge < -0.3 is 15.8 Å². The summed E-state index contributed by atoms with van der Waals surface area (Å²) in [5.41, 5.74) is 5.49. The molecule has 19 heavy (non-hydrogen) atoms. The van der Waals surface area contributed by atoms with Gasteiger partial charge >= 0.3 is 0 Å². The van der Waals surface area contributed by atoms with Crippen molar-refractivity contribution in [3.63, 3.8) is 0 Å². The molecule has 0 aromatic heterocycles. The highest BCUT2D eigenvalue weighted by Gasteiger charge is 2.12. The van der Waals surface area contributed by atoms with Gasteiger partial charge in [-0.15, -0.1) is 0 Å². The molecule has 3 N–H and O–H groups in total. The van der Waals surface area contributed by atoms with Crippen LogP contribution >= 0.6 is 12.2 Å². The summed E-state index contributed by atoms with van der Waals surface area (Å²) >= 11 is 4.86. The van der Waals surface area contributed by atoms with Crippen molar-refractivity contribution < 1.29 is 9.53 Å². The zero-order valence-corrected chi connectivity index (χ0v) is 13.1. The Labute approximate surface area is 121 Å². The lowest BCUT2D eigenvalue weighted by Gasteiger charge is -2.22. The first-order chi connectivity index (χ1) is 8.99. The maximum atomic E-state index is 11.9. The molecule has 1 amide bonds. The van der Waals surface area contributed by atoms with E-state index < -0.39 is 0 Å². The van der Waals surface area contributed by atoms with Crippen LogP contribution in [0.1, 0.15) is 33.1 Å². The number of nitrogens with one attached hydrogen (secondary N) is 1. The molecular weight excluding hydrogens is 262 g/mol. The van der Waals surface area contributed by atoms with Gasteiger partial charge in [0.05, 0.1) is 18.1 Å². The van der Waals surface area contributed by atoms with Gasteiger partial charge in [0.1, 0.15) is 0 Å². The third-order valence-corrected chi connectivity index (χ3v) is 2.99. The van der Waals surface area contributed by atoms with Crippen LogP contribution in [0.25, 0.3) is 0 Å². The van der Waals surface area contributed by atoms with Crippen molar-refractivity contribution in [3.8, 4) is 0 Å². The van der Waals surface area contributed by atoms with Gasteiger partial charge in [-0.3, -0.25) is 9.69 Å². The summed E-state index contributed by atoms with van der Waals surface area (Å²) in [6.45, 7) is 6.48. The molecule has 0 heterocycles. The van der Waals surface area contributed by atoms with Crippen molar-refractivity contribution in [1.82, 2.24) is 10.2 Å². The van der Waals surface area contributed by atoms with Gasteiger partial charge in [-0.1, -0.05) is 25.6 Å². The number of hydrogen-bond donors (Lipinski definition) is 2. The van der Waals surface area contributed by atoms with Crippen molar-refractivity contribution in [1.29, 1.82) is 0 Å². The highest BCUT2D eigenvalue weighted by Crippen LogP contribution is 1.97. The fraction of sp³-hybridized carbons (Fsp3) is 0.846. The van der Waals surface area contributed by atoms with Gasteiger partial charge in [0.15, 0.2) is 0 Å². The number of hydrogen-bond acceptors (Lipinski definition) is 4. The summed E-state index contributed by atoms with van der Waals surface area (Å²) in [7, 11) is 1.65. The largest absolute Gasteiger partial charge is 0.393 e. The number of carbonyl (C=O) groups is 1. The molecule has 1 atom stereocenters. The Morgan fingerprint density at radius 2 is 2.16 bits per heavy atom. The number of carbonyl (C=O) groups excluding carboxylic acids is 1. The molecule has 0 bridgehead atoms. The molecule has 0 aromatic rings. The van der Waals surface area contributed by atoms with E-state index in [1.165, 1.54) is 0 Å². The summed E-state index contributed by atoms with van der Waals surface area (Å²) in [5, 5.41) is 2.99. The Morgan fingerprint density at radius 1 is 1.47 bits per heavy atom. The number of rotatable bonds is 11. The van der Waals surface area contributed by atoms with Crippen LogP contribution in [0.4, 0.5) is 0 Å². The molecule has 0 rings (SSSR count). The van der Waals surface area contributed by atoms with E-state index in [1.54, 1.807) is 7.11 Å². The van der Waals surface area contributed by atoms with E-state index in [-0.39, 0.29) is 11.9 Å². The molecule has 6 heteroatoms. The second-order valence-corrected chi connectivity index (χ2v) is 5.27. The Kier molecular flexibility index (Phi) is 10.7. The van der Waals surface area contributed by atoms with E-state index in [1.807, 2.05) is 11.8 Å². The molecule has 112 valence electrons. The third-order valence-electron chi connectivity index (χ3n) is 2.78. The second-order valence-electron chi connectivity index (χ2n) is 4.74. The maximum Gasteiger partial charge on any atom is 0.234 e. The van der Waals surface area contributed by atoms with Gasteiger partial charge in [-0.2, -0.15) is 0 Å². The standard InChI is InChI=1S/C13H27N3O2S/c1-4-5-11(2)15-13(17)10-16(8-9-18-3)7-6-12(14)19/h11H,4-10H2,1-3H3,(H2,14,19)(H,15,17). The van der Waals surface area contributed by atoms with Crippen molar-refractivity contribution >= 4 is 23.1 Å². The van der Waals surface area contributed by atoms with Crippen molar-refractivity contribution in [2.45, 2.75) is 39.2 Å². The molecule has 0 spiro atoms. The number of ether oxygens (including phenoxy) is 1. The fourth-order valence-corrected chi connectivity index (χ4v) is 1.88. The van der Waals surface area contributed by atoms with Crippen LogP contribution in [-0.2, 0) is 9.53 Å². The zero-order chi connectivity index (χ0) is 14.7. The Morgan fingerprint density at radius 3 is 2.68 bits per heavy atom. The Balaban J connectivity index is 4.13. The normalized spacial score (nSPS) is 12.4. The van der Waals surface area contributed by atoms with Gasteiger partial charge in [-0.25, -0.2) is 0 Å². The lowest BCUT2D eigenvalue weighted by molar-refractivity contribution is -0.123. The van der Waals surface area contributed by atoms with Crippen molar-refractivity contribution in [2.75, 3.05) is 33.4 Å². The summed E-state index contributed by atoms with van der Waals surface area (Å²) < 4.78 is 5.04. The minimum atomic E-state index is 0.0417. The molecule has 0 saturated carbocycles. The van der Waals surface area contributed by atoms with E-state index in [4.69, 9.17) is 22.7 Å². The highest BCUT2D eigenvalue weighted by atomic mass is 32.1. The van der Waals surface area contributed by atoms with Crippen LogP contribution < -0.4 is 11.1 Å². The van der Waals surface area contributed by atoms with Crippen LogP contribution in [0.15, 0.2) is 0 Å². The van der Waals surface area contributed by atoms with E-state index in [0.717, 1.165) is 12.8 Å². The lowest BCUT2D eigenvalue weighted by atomic mass is 10.2. The van der Waals surface area contributed by atoms with Crippen LogP contribution in [0.2, 0.25) is 0 Å². The summed E-state index contributed by atoms with van der Waals surface area (Å²) in [6, 6.07) is 0.220. The number of methoxy groups -OCH3 is 1. The molecule has 0 radical (unpaired) electrons. The number of nitrogens with two attached hydrogens (primary N) is 1. The monoisotopic (exact) mass is 289 g/mol. The molecule has 0 aliphatic rings. The quantitative estimate of drug-likeness (QED) is 0.554. The topological polar surface area (TPSA) is 67.6 Å². The predicted octanol–water partition coefficient (Wildman–Crippen LogP) is 0.916. The fourth-order valence-electron chi connectivity index (χ4n) is 1.79. The molecule has 5 nitrogen and oxygen atoms in total. The van der Waals surface area contributed by atoms with Gasteiger partial charge in [0.2, 0.25) is 5.91 Å². The van der Waals surface area contributed by atoms with E-state index >= 15 is 0 Å². The highest BCUT2D eigenvalue weighted by molar-refractivity contribution is 7.80. The minimum absolute atomic E-state index is 0.0417. The summed E-state index contributed by atoms with van der Waals surface area (Å²) in [4.78, 5) is 14.4. The average molecular weight is 289 g/mol. The first kappa shape index (κ1) is 18.3. The Bertz CT molecular complexity index is 275. The van der Waals surface area contributed by atoms with Gasteiger partial charge in [0, 0.05) is 32.7 Å². The molecule has 0 saturated heterocycles. The first-order valence-electron chi connectivity index (χ1n) is 6.78. The second kappa shape index (κ2) is 11.1. The first-order valence-corrected chi connectivity index (χ1v) is 7.19. The minimum Gasteiger partial charge on any atom is -0.393 e. The zero-order valence-electron chi connectivity index (χ0n) is 12.3.